The largest absolute Gasteiger partial charge is 0.454 e. The molecule has 0 aliphatic carbocycles. The summed E-state index contributed by atoms with van der Waals surface area (Å²) in [7, 11) is 0. The number of anilines is 1. The van der Waals surface area contributed by atoms with Crippen molar-refractivity contribution in [2.75, 3.05) is 31.7 Å². The van der Waals surface area contributed by atoms with E-state index in [1.165, 1.54) is 5.56 Å². The minimum absolute atomic E-state index is 0.00195. The normalized spacial score (nSPS) is 16.4. The van der Waals surface area contributed by atoms with Gasteiger partial charge < -0.3 is 20.1 Å². The summed E-state index contributed by atoms with van der Waals surface area (Å²) in [5.41, 5.74) is 4.11. The van der Waals surface area contributed by atoms with Gasteiger partial charge in [-0.2, -0.15) is 0 Å². The molecule has 3 aromatic rings. The quantitative estimate of drug-likeness (QED) is 0.511. The molecular weight excluding hydrogens is 454 g/mol. The molecule has 2 aliphatic rings. The summed E-state index contributed by atoms with van der Waals surface area (Å²) in [4.78, 5) is 27.5. The average molecular weight is 486 g/mol. The highest BCUT2D eigenvalue weighted by atomic mass is 16.7. The van der Waals surface area contributed by atoms with Gasteiger partial charge in [-0.3, -0.25) is 14.5 Å². The molecule has 7 heteroatoms. The highest BCUT2D eigenvalue weighted by molar-refractivity contribution is 5.93. The molecule has 1 atom stereocenters. The lowest BCUT2D eigenvalue weighted by atomic mass is 9.95. The van der Waals surface area contributed by atoms with E-state index in [9.17, 15) is 9.59 Å². The molecule has 3 aromatic carbocycles. The van der Waals surface area contributed by atoms with Gasteiger partial charge >= 0.3 is 0 Å². The van der Waals surface area contributed by atoms with Crippen LogP contribution >= 0.6 is 0 Å². The molecule has 0 radical (unpaired) electrons. The Bertz CT molecular complexity index is 1200. The first kappa shape index (κ1) is 23.9. The van der Waals surface area contributed by atoms with E-state index in [1.54, 1.807) is 12.1 Å². The van der Waals surface area contributed by atoms with Crippen LogP contribution in [0, 0.1) is 5.92 Å². The summed E-state index contributed by atoms with van der Waals surface area (Å²) in [6.07, 6.45) is 1.44. The number of carbonyl (C=O) groups is 2. The van der Waals surface area contributed by atoms with Crippen LogP contribution < -0.4 is 20.1 Å². The first-order valence-corrected chi connectivity index (χ1v) is 12.4. The van der Waals surface area contributed by atoms with Crippen molar-refractivity contribution in [3.63, 3.8) is 0 Å². The molecule has 0 bridgehead atoms. The van der Waals surface area contributed by atoms with Gasteiger partial charge in [0.2, 0.25) is 18.6 Å². The van der Waals surface area contributed by atoms with Crippen LogP contribution in [-0.4, -0.2) is 43.1 Å². The summed E-state index contributed by atoms with van der Waals surface area (Å²) >= 11 is 0. The van der Waals surface area contributed by atoms with Crippen molar-refractivity contribution >= 4 is 17.5 Å². The van der Waals surface area contributed by atoms with Crippen molar-refractivity contribution in [1.29, 1.82) is 0 Å². The van der Waals surface area contributed by atoms with Gasteiger partial charge in [0, 0.05) is 17.7 Å². The molecule has 0 spiro atoms. The topological polar surface area (TPSA) is 79.9 Å². The van der Waals surface area contributed by atoms with Crippen LogP contribution in [0.3, 0.4) is 0 Å². The Morgan fingerprint density at radius 3 is 2.36 bits per heavy atom. The molecule has 36 heavy (non-hydrogen) atoms. The number of carbonyl (C=O) groups excluding carboxylic acids is 2. The lowest BCUT2D eigenvalue weighted by Crippen LogP contribution is -2.43. The molecule has 2 heterocycles. The SMILES string of the molecule is CC(NC(=O)CN1CCC(C(=O)Nc2ccc3c(c2)OCO3)CC1)c1ccc(-c2ccccc2)cc1. The van der Waals surface area contributed by atoms with E-state index in [-0.39, 0.29) is 30.6 Å². The van der Waals surface area contributed by atoms with Crippen LogP contribution in [0.4, 0.5) is 5.69 Å². The minimum atomic E-state index is -0.0765. The highest BCUT2D eigenvalue weighted by Crippen LogP contribution is 2.34. The number of benzene rings is 3. The van der Waals surface area contributed by atoms with Gasteiger partial charge in [-0.25, -0.2) is 0 Å². The Kier molecular flexibility index (Phi) is 7.18. The first-order chi connectivity index (χ1) is 17.5. The third-order valence-electron chi connectivity index (χ3n) is 6.86. The number of fused-ring (bicyclic) bond motifs is 1. The lowest BCUT2D eigenvalue weighted by Gasteiger charge is -2.31. The number of ether oxygens (including phenoxy) is 2. The monoisotopic (exact) mass is 485 g/mol. The van der Waals surface area contributed by atoms with Crippen molar-refractivity contribution in [2.45, 2.75) is 25.8 Å². The fourth-order valence-electron chi connectivity index (χ4n) is 4.74. The fraction of sp³-hybridized carbons (Fsp3) is 0.310. The van der Waals surface area contributed by atoms with Crippen molar-refractivity contribution < 1.29 is 19.1 Å². The van der Waals surface area contributed by atoms with Crippen molar-refractivity contribution in [3.05, 3.63) is 78.4 Å². The van der Waals surface area contributed by atoms with Crippen LogP contribution in [0.25, 0.3) is 11.1 Å². The number of hydrogen-bond donors (Lipinski definition) is 2. The Morgan fingerprint density at radius 1 is 0.917 bits per heavy atom. The fourth-order valence-corrected chi connectivity index (χ4v) is 4.74. The molecule has 1 saturated heterocycles. The van der Waals surface area contributed by atoms with Crippen LogP contribution in [-0.2, 0) is 9.59 Å². The Balaban J connectivity index is 1.06. The maximum atomic E-state index is 12.7. The van der Waals surface area contributed by atoms with Crippen LogP contribution in [0.1, 0.15) is 31.4 Å². The number of amides is 2. The van der Waals surface area contributed by atoms with E-state index < -0.39 is 0 Å². The molecule has 2 aliphatic heterocycles. The number of hydrogen-bond acceptors (Lipinski definition) is 5. The number of rotatable bonds is 7. The molecular formula is C29H31N3O4. The summed E-state index contributed by atoms with van der Waals surface area (Å²) < 4.78 is 10.7. The summed E-state index contributed by atoms with van der Waals surface area (Å²) in [6, 6.07) is 23.9. The van der Waals surface area contributed by atoms with E-state index >= 15 is 0 Å². The summed E-state index contributed by atoms with van der Waals surface area (Å²) in [5.74, 6) is 1.27. The van der Waals surface area contributed by atoms with Gasteiger partial charge in [0.15, 0.2) is 11.5 Å². The minimum Gasteiger partial charge on any atom is -0.454 e. The van der Waals surface area contributed by atoms with E-state index in [0.717, 1.165) is 24.0 Å². The number of nitrogens with zero attached hydrogens (tertiary/aromatic N) is 1. The second-order valence-electron chi connectivity index (χ2n) is 9.38. The highest BCUT2D eigenvalue weighted by Gasteiger charge is 2.26. The number of piperidine rings is 1. The first-order valence-electron chi connectivity index (χ1n) is 12.4. The van der Waals surface area contributed by atoms with Crippen molar-refractivity contribution in [2.24, 2.45) is 5.92 Å². The molecule has 5 rings (SSSR count). The van der Waals surface area contributed by atoms with Crippen LogP contribution in [0.2, 0.25) is 0 Å². The van der Waals surface area contributed by atoms with E-state index in [4.69, 9.17) is 9.47 Å². The molecule has 2 amide bonds. The van der Waals surface area contributed by atoms with Gasteiger partial charge in [0.25, 0.3) is 0 Å². The third kappa shape index (κ3) is 5.69. The average Bonchev–Trinajstić information content (AvgIpc) is 3.37. The molecule has 2 N–H and O–H groups in total. The van der Waals surface area contributed by atoms with Gasteiger partial charge in [-0.05, 0) is 61.7 Å². The predicted octanol–water partition coefficient (Wildman–Crippen LogP) is 4.61. The number of nitrogens with one attached hydrogen (secondary N) is 2. The Labute approximate surface area is 211 Å². The van der Waals surface area contributed by atoms with Crippen molar-refractivity contribution in [1.82, 2.24) is 10.2 Å². The molecule has 186 valence electrons. The Hall–Kier alpha value is -3.84. The molecule has 0 saturated carbocycles. The molecule has 1 fully saturated rings. The standard InChI is InChI=1S/C29H31N3O4/c1-20(21-7-9-23(10-8-21)22-5-3-2-4-6-22)30-28(33)18-32-15-13-24(14-16-32)29(34)31-25-11-12-26-27(17-25)36-19-35-26/h2-12,17,20,24H,13-16,18-19H2,1H3,(H,30,33)(H,31,34). The molecule has 1 unspecified atom stereocenters. The smallest absolute Gasteiger partial charge is 0.234 e. The summed E-state index contributed by atoms with van der Waals surface area (Å²) in [5, 5.41) is 6.09. The summed E-state index contributed by atoms with van der Waals surface area (Å²) in [6.45, 7) is 3.97. The van der Waals surface area contributed by atoms with Gasteiger partial charge in [0.05, 0.1) is 12.6 Å². The molecule has 7 nitrogen and oxygen atoms in total. The zero-order chi connectivity index (χ0) is 24.9. The van der Waals surface area contributed by atoms with E-state index in [0.29, 0.717) is 36.8 Å². The van der Waals surface area contributed by atoms with Crippen LogP contribution in [0.15, 0.2) is 72.8 Å². The third-order valence-corrected chi connectivity index (χ3v) is 6.86. The van der Waals surface area contributed by atoms with Crippen molar-refractivity contribution in [3.8, 4) is 22.6 Å². The van der Waals surface area contributed by atoms with Crippen LogP contribution in [0.5, 0.6) is 11.5 Å². The zero-order valence-corrected chi connectivity index (χ0v) is 20.4. The zero-order valence-electron chi connectivity index (χ0n) is 20.4. The lowest BCUT2D eigenvalue weighted by molar-refractivity contribution is -0.124. The maximum absolute atomic E-state index is 12.7. The van der Waals surface area contributed by atoms with Gasteiger partial charge in [0.1, 0.15) is 0 Å². The predicted molar refractivity (Wildman–Crippen MR) is 139 cm³/mol. The van der Waals surface area contributed by atoms with E-state index in [2.05, 4.69) is 51.9 Å². The van der Waals surface area contributed by atoms with Gasteiger partial charge in [-0.15, -0.1) is 0 Å². The molecule has 0 aromatic heterocycles. The number of likely N-dealkylation sites (tertiary alicyclic amines) is 1. The second kappa shape index (κ2) is 10.8. The second-order valence-corrected chi connectivity index (χ2v) is 9.38. The maximum Gasteiger partial charge on any atom is 0.234 e. The van der Waals surface area contributed by atoms with E-state index in [1.807, 2.05) is 31.2 Å². The Morgan fingerprint density at radius 2 is 1.61 bits per heavy atom. The van der Waals surface area contributed by atoms with Gasteiger partial charge in [-0.1, -0.05) is 54.6 Å².